The molecule has 0 radical (unpaired) electrons. The molecule has 8 heteroatoms. The monoisotopic (exact) mass is 563 g/mol. The van der Waals surface area contributed by atoms with Crippen LogP contribution in [-0.4, -0.2) is 57.6 Å². The summed E-state index contributed by atoms with van der Waals surface area (Å²) in [4.78, 5) is 33.6. The number of nitrogens with zero attached hydrogens (tertiary/aromatic N) is 5. The molecule has 1 aromatic heterocycles. The van der Waals surface area contributed by atoms with Gasteiger partial charge >= 0.3 is 0 Å². The van der Waals surface area contributed by atoms with Gasteiger partial charge in [0.25, 0.3) is 5.91 Å². The van der Waals surface area contributed by atoms with E-state index in [2.05, 4.69) is 48.1 Å². The van der Waals surface area contributed by atoms with Crippen molar-refractivity contribution in [1.29, 1.82) is 0 Å². The number of hydrogen-bond acceptors (Lipinski definition) is 4. The van der Waals surface area contributed by atoms with Crippen LogP contribution in [-0.2, 0) is 31.4 Å². The molecule has 2 heterocycles. The van der Waals surface area contributed by atoms with Gasteiger partial charge in [0.05, 0.1) is 11.4 Å². The lowest BCUT2D eigenvalue weighted by Gasteiger charge is -2.28. The van der Waals surface area contributed by atoms with Crippen LogP contribution < -0.4 is 4.90 Å². The van der Waals surface area contributed by atoms with Crippen LogP contribution in [0.2, 0.25) is 5.02 Å². The molecule has 0 fully saturated rings. The van der Waals surface area contributed by atoms with E-state index < -0.39 is 0 Å². The van der Waals surface area contributed by atoms with Crippen molar-refractivity contribution in [2.45, 2.75) is 59.5 Å². The molecule has 0 aliphatic carbocycles. The van der Waals surface area contributed by atoms with Crippen LogP contribution in [0.3, 0.4) is 0 Å². The Hall–Kier alpha value is -3.16. The fourth-order valence-electron chi connectivity index (χ4n) is 5.34. The lowest BCUT2D eigenvalue weighted by atomic mass is 10.1. The lowest BCUT2D eigenvalue weighted by Crippen LogP contribution is -2.39. The maximum atomic E-state index is 14.1. The predicted octanol–water partition coefficient (Wildman–Crippen LogP) is 5.95. The third-order valence-electron chi connectivity index (χ3n) is 7.31. The fourth-order valence-corrected chi connectivity index (χ4v) is 5.51. The van der Waals surface area contributed by atoms with Crippen LogP contribution in [0.25, 0.3) is 0 Å². The topological polar surface area (TPSA) is 61.7 Å². The van der Waals surface area contributed by atoms with Crippen molar-refractivity contribution in [3.63, 3.8) is 0 Å². The average molecular weight is 564 g/mol. The highest BCUT2D eigenvalue weighted by Gasteiger charge is 2.26. The first-order valence-corrected chi connectivity index (χ1v) is 14.8. The molecule has 0 N–H and O–H groups in total. The van der Waals surface area contributed by atoms with Gasteiger partial charge in [-0.1, -0.05) is 68.8 Å². The third-order valence-corrected chi connectivity index (χ3v) is 7.54. The summed E-state index contributed by atoms with van der Waals surface area (Å²) in [5.41, 5.74) is 4.45. The number of carbonyl (C=O) groups excluding carboxylic acids is 2. The van der Waals surface area contributed by atoms with Crippen LogP contribution in [0, 0.1) is 5.92 Å². The molecule has 0 spiro atoms. The number of benzene rings is 2. The zero-order valence-corrected chi connectivity index (χ0v) is 25.0. The molecule has 2 aromatic carbocycles. The largest absolute Gasteiger partial charge is 0.332 e. The van der Waals surface area contributed by atoms with Gasteiger partial charge in [-0.2, -0.15) is 5.10 Å². The van der Waals surface area contributed by atoms with Crippen molar-refractivity contribution in [1.82, 2.24) is 19.6 Å². The van der Waals surface area contributed by atoms with E-state index in [0.29, 0.717) is 42.7 Å². The number of fused-ring (bicyclic) bond motifs is 1. The second-order valence-electron chi connectivity index (χ2n) is 11.2. The average Bonchev–Trinajstić information content (AvgIpc) is 3.27. The van der Waals surface area contributed by atoms with E-state index in [-0.39, 0.29) is 11.8 Å². The standard InChI is InChI=1S/C32H42ClN5O2/c1-5-10-31(39)38-16-9-15-36(22-25-11-7-6-8-12-25)17-18-37(23-26-13-14-27(33)20-29(26)38)32(40)30-21-28(19-24(2)3)34-35(30)4/h6-8,11-14,20-21,24H,5,9-10,15-19,22-23H2,1-4H3. The Morgan fingerprint density at radius 3 is 2.50 bits per heavy atom. The lowest BCUT2D eigenvalue weighted by molar-refractivity contribution is -0.118. The Morgan fingerprint density at radius 1 is 1.00 bits per heavy atom. The zero-order valence-electron chi connectivity index (χ0n) is 24.3. The normalized spacial score (nSPS) is 15.2. The van der Waals surface area contributed by atoms with E-state index >= 15 is 0 Å². The Bertz CT molecular complexity index is 1290. The van der Waals surface area contributed by atoms with E-state index in [1.165, 1.54) is 5.56 Å². The van der Waals surface area contributed by atoms with Gasteiger partial charge in [-0.15, -0.1) is 0 Å². The summed E-state index contributed by atoms with van der Waals surface area (Å²) in [6.07, 6.45) is 2.88. The number of anilines is 1. The molecule has 214 valence electrons. The van der Waals surface area contributed by atoms with Gasteiger partial charge in [0.2, 0.25) is 5.91 Å². The Kier molecular flexibility index (Phi) is 10.4. The Labute approximate surface area is 243 Å². The van der Waals surface area contributed by atoms with Crippen LogP contribution in [0.4, 0.5) is 5.69 Å². The van der Waals surface area contributed by atoms with Gasteiger partial charge in [0, 0.05) is 57.8 Å². The van der Waals surface area contributed by atoms with E-state index in [0.717, 1.165) is 55.8 Å². The van der Waals surface area contributed by atoms with Gasteiger partial charge in [-0.05, 0) is 54.5 Å². The SMILES string of the molecule is CCCC(=O)N1CCCN(Cc2ccccc2)CCN(C(=O)c2cc(CC(C)C)nn2C)Cc2ccc(Cl)cc21. The van der Waals surface area contributed by atoms with E-state index in [1.807, 2.05) is 54.1 Å². The maximum Gasteiger partial charge on any atom is 0.272 e. The Balaban J connectivity index is 1.70. The minimum atomic E-state index is -0.0590. The summed E-state index contributed by atoms with van der Waals surface area (Å²) in [6, 6.07) is 18.0. The molecule has 0 unspecified atom stereocenters. The zero-order chi connectivity index (χ0) is 28.6. The summed E-state index contributed by atoms with van der Waals surface area (Å²) in [5, 5.41) is 5.21. The minimum absolute atomic E-state index is 0.0590. The van der Waals surface area contributed by atoms with Crippen molar-refractivity contribution in [2.24, 2.45) is 13.0 Å². The minimum Gasteiger partial charge on any atom is -0.332 e. The van der Waals surface area contributed by atoms with Crippen LogP contribution in [0.5, 0.6) is 0 Å². The van der Waals surface area contributed by atoms with Gasteiger partial charge in [0.1, 0.15) is 5.69 Å². The highest BCUT2D eigenvalue weighted by Crippen LogP contribution is 2.29. The summed E-state index contributed by atoms with van der Waals surface area (Å²) < 4.78 is 1.70. The Morgan fingerprint density at radius 2 is 1.77 bits per heavy atom. The predicted molar refractivity (Wildman–Crippen MR) is 162 cm³/mol. The number of aryl methyl sites for hydroxylation is 1. The van der Waals surface area contributed by atoms with Crippen molar-refractivity contribution < 1.29 is 9.59 Å². The summed E-state index contributed by atoms with van der Waals surface area (Å²) in [6.45, 7) is 10.2. The van der Waals surface area contributed by atoms with Crippen molar-refractivity contribution in [2.75, 3.05) is 31.1 Å². The number of hydrogen-bond donors (Lipinski definition) is 0. The highest BCUT2D eigenvalue weighted by atomic mass is 35.5. The van der Waals surface area contributed by atoms with Gasteiger partial charge in [0.15, 0.2) is 0 Å². The van der Waals surface area contributed by atoms with E-state index in [9.17, 15) is 9.59 Å². The van der Waals surface area contributed by atoms with E-state index in [1.54, 1.807) is 4.68 Å². The molecule has 3 aromatic rings. The quantitative estimate of drug-likeness (QED) is 0.356. The number of aromatic nitrogens is 2. The molecule has 2 amide bonds. The molecule has 0 saturated carbocycles. The molecule has 4 rings (SSSR count). The first-order chi connectivity index (χ1) is 19.2. The smallest absolute Gasteiger partial charge is 0.272 e. The van der Waals surface area contributed by atoms with Crippen LogP contribution in [0.15, 0.2) is 54.6 Å². The third kappa shape index (κ3) is 7.73. The molecular formula is C32H42ClN5O2. The molecular weight excluding hydrogens is 522 g/mol. The van der Waals surface area contributed by atoms with Gasteiger partial charge in [-0.25, -0.2) is 0 Å². The molecule has 40 heavy (non-hydrogen) atoms. The van der Waals surface area contributed by atoms with Gasteiger partial charge in [-0.3, -0.25) is 19.2 Å². The van der Waals surface area contributed by atoms with E-state index in [4.69, 9.17) is 11.6 Å². The number of amides is 2. The van der Waals surface area contributed by atoms with Crippen molar-refractivity contribution in [3.05, 3.63) is 82.1 Å². The van der Waals surface area contributed by atoms with Crippen molar-refractivity contribution >= 4 is 29.1 Å². The first-order valence-electron chi connectivity index (χ1n) is 14.4. The van der Waals surface area contributed by atoms with Gasteiger partial charge < -0.3 is 9.80 Å². The number of carbonyl (C=O) groups is 2. The second kappa shape index (κ2) is 14.0. The summed E-state index contributed by atoms with van der Waals surface area (Å²) in [5.74, 6) is 0.476. The molecule has 7 nitrogen and oxygen atoms in total. The maximum absolute atomic E-state index is 14.1. The fraction of sp³-hybridized carbons (Fsp3) is 0.469. The van der Waals surface area contributed by atoms with Crippen molar-refractivity contribution in [3.8, 4) is 0 Å². The molecule has 0 atom stereocenters. The number of halogens is 1. The van der Waals surface area contributed by atoms with Crippen LogP contribution >= 0.6 is 11.6 Å². The highest BCUT2D eigenvalue weighted by molar-refractivity contribution is 6.31. The van der Waals surface area contributed by atoms with Crippen LogP contribution in [0.1, 0.15) is 67.3 Å². The molecule has 0 saturated heterocycles. The molecule has 1 aliphatic rings. The summed E-state index contributed by atoms with van der Waals surface area (Å²) in [7, 11) is 1.84. The number of rotatable bonds is 7. The second-order valence-corrected chi connectivity index (χ2v) is 11.6. The summed E-state index contributed by atoms with van der Waals surface area (Å²) >= 11 is 6.46. The molecule has 0 bridgehead atoms. The first kappa shape index (κ1) is 29.8. The molecule has 1 aliphatic heterocycles.